The van der Waals surface area contributed by atoms with Gasteiger partial charge in [0.1, 0.15) is 0 Å². The Balaban J connectivity index is 2.10. The van der Waals surface area contributed by atoms with Gasteiger partial charge in [0.25, 0.3) is 0 Å². The number of halogens is 4. The lowest BCUT2D eigenvalue weighted by Gasteiger charge is -2.22. The number of benzene rings is 1. The first-order chi connectivity index (χ1) is 9.67. The third-order valence-corrected chi connectivity index (χ3v) is 4.91. The molecule has 118 valence electrons. The highest BCUT2D eigenvalue weighted by Gasteiger charge is 2.33. The first-order valence-electron chi connectivity index (χ1n) is 7.31. The van der Waals surface area contributed by atoms with E-state index in [1.54, 1.807) is 6.07 Å². The summed E-state index contributed by atoms with van der Waals surface area (Å²) >= 11 is 2.97. The molecule has 1 unspecified atom stereocenters. The van der Waals surface area contributed by atoms with E-state index < -0.39 is 11.7 Å². The van der Waals surface area contributed by atoms with Crippen molar-refractivity contribution in [1.29, 1.82) is 0 Å². The molecule has 0 radical (unpaired) electrons. The standard InChI is InChI=1S/C16H21BrF3N/c1-15(2)8-3-4-11(7-9-15)21-12-5-6-14(17)13(10-12)16(18,19)20/h5-6,10-11,21H,3-4,7-9H2,1-2H3. The van der Waals surface area contributed by atoms with Crippen LogP contribution in [0.15, 0.2) is 22.7 Å². The van der Waals surface area contributed by atoms with Crippen molar-refractivity contribution in [2.45, 2.75) is 58.2 Å². The molecule has 1 atom stereocenters. The average molecular weight is 364 g/mol. The van der Waals surface area contributed by atoms with Gasteiger partial charge < -0.3 is 5.32 Å². The molecule has 0 aromatic heterocycles. The van der Waals surface area contributed by atoms with E-state index in [-0.39, 0.29) is 10.5 Å². The van der Waals surface area contributed by atoms with Gasteiger partial charge in [-0.3, -0.25) is 0 Å². The first kappa shape index (κ1) is 16.7. The summed E-state index contributed by atoms with van der Waals surface area (Å²) in [6.07, 6.45) is 1.09. The second-order valence-corrected chi connectivity index (χ2v) is 7.48. The van der Waals surface area contributed by atoms with Crippen LogP contribution < -0.4 is 5.32 Å². The topological polar surface area (TPSA) is 12.0 Å². The van der Waals surface area contributed by atoms with E-state index in [0.29, 0.717) is 11.1 Å². The molecule has 1 nitrogen and oxygen atoms in total. The molecule has 5 heteroatoms. The highest BCUT2D eigenvalue weighted by molar-refractivity contribution is 9.10. The van der Waals surface area contributed by atoms with Crippen LogP contribution in [0.5, 0.6) is 0 Å². The Kier molecular flexibility index (Phi) is 4.91. The summed E-state index contributed by atoms with van der Waals surface area (Å²) in [5, 5.41) is 3.28. The zero-order valence-corrected chi connectivity index (χ0v) is 13.9. The Bertz CT molecular complexity index is 497. The Labute approximate surface area is 132 Å². The van der Waals surface area contributed by atoms with Gasteiger partial charge >= 0.3 is 6.18 Å². The van der Waals surface area contributed by atoms with E-state index in [9.17, 15) is 13.2 Å². The molecular formula is C16H21BrF3N. The molecule has 1 N–H and O–H groups in total. The van der Waals surface area contributed by atoms with Gasteiger partial charge in [-0.05, 0) is 49.3 Å². The van der Waals surface area contributed by atoms with Crippen molar-refractivity contribution < 1.29 is 13.2 Å². The smallest absolute Gasteiger partial charge is 0.382 e. The summed E-state index contributed by atoms with van der Waals surface area (Å²) in [6, 6.07) is 4.62. The minimum absolute atomic E-state index is 0.0857. The van der Waals surface area contributed by atoms with Crippen LogP contribution in [0.3, 0.4) is 0 Å². The van der Waals surface area contributed by atoms with E-state index >= 15 is 0 Å². The predicted octanol–water partition coefficient (Wildman–Crippen LogP) is 6.24. The summed E-state index contributed by atoms with van der Waals surface area (Å²) in [5.74, 6) is 0. The van der Waals surface area contributed by atoms with Crippen molar-refractivity contribution in [3.63, 3.8) is 0 Å². The molecule has 0 amide bonds. The molecule has 1 saturated carbocycles. The molecule has 1 aromatic rings. The van der Waals surface area contributed by atoms with Crippen LogP contribution in [-0.2, 0) is 6.18 Å². The highest BCUT2D eigenvalue weighted by atomic mass is 79.9. The van der Waals surface area contributed by atoms with E-state index in [2.05, 4.69) is 35.1 Å². The minimum Gasteiger partial charge on any atom is -0.382 e. The van der Waals surface area contributed by atoms with Crippen molar-refractivity contribution in [2.75, 3.05) is 5.32 Å². The largest absolute Gasteiger partial charge is 0.417 e. The van der Waals surface area contributed by atoms with Crippen LogP contribution in [-0.4, -0.2) is 6.04 Å². The van der Waals surface area contributed by atoms with Crippen LogP contribution in [0, 0.1) is 5.41 Å². The molecule has 0 heterocycles. The van der Waals surface area contributed by atoms with E-state index in [1.807, 2.05) is 0 Å². The van der Waals surface area contributed by atoms with Crippen LogP contribution in [0.1, 0.15) is 51.5 Å². The van der Waals surface area contributed by atoms with Gasteiger partial charge in [0.2, 0.25) is 0 Å². The maximum Gasteiger partial charge on any atom is 0.417 e. The maximum absolute atomic E-state index is 12.9. The zero-order chi connectivity index (χ0) is 15.7. The minimum atomic E-state index is -4.33. The number of nitrogens with one attached hydrogen (secondary N) is 1. The lowest BCUT2D eigenvalue weighted by atomic mass is 9.85. The van der Waals surface area contributed by atoms with E-state index in [1.165, 1.54) is 18.6 Å². The van der Waals surface area contributed by atoms with Crippen LogP contribution in [0.4, 0.5) is 18.9 Å². The summed E-state index contributed by atoms with van der Waals surface area (Å²) < 4.78 is 38.8. The van der Waals surface area contributed by atoms with Crippen molar-refractivity contribution >= 4 is 21.6 Å². The van der Waals surface area contributed by atoms with Gasteiger partial charge in [0.05, 0.1) is 5.56 Å². The molecule has 2 rings (SSSR count). The molecule has 0 spiro atoms. The van der Waals surface area contributed by atoms with Crippen LogP contribution >= 0.6 is 15.9 Å². The Morgan fingerprint density at radius 2 is 1.90 bits per heavy atom. The third-order valence-electron chi connectivity index (χ3n) is 4.22. The van der Waals surface area contributed by atoms with Gasteiger partial charge in [-0.2, -0.15) is 13.2 Å². The van der Waals surface area contributed by atoms with Crippen molar-refractivity contribution in [2.24, 2.45) is 5.41 Å². The average Bonchev–Trinajstić information content (AvgIpc) is 2.52. The zero-order valence-electron chi connectivity index (χ0n) is 12.4. The fraction of sp³-hybridized carbons (Fsp3) is 0.625. The van der Waals surface area contributed by atoms with Gasteiger partial charge in [-0.15, -0.1) is 0 Å². The first-order valence-corrected chi connectivity index (χ1v) is 8.10. The number of hydrogen-bond acceptors (Lipinski definition) is 1. The van der Waals surface area contributed by atoms with Gasteiger partial charge in [-0.1, -0.05) is 36.2 Å². The summed E-state index contributed by atoms with van der Waals surface area (Å²) in [7, 11) is 0. The fourth-order valence-electron chi connectivity index (χ4n) is 2.87. The van der Waals surface area contributed by atoms with Crippen LogP contribution in [0.25, 0.3) is 0 Å². The number of alkyl halides is 3. The normalized spacial score (nSPS) is 22.7. The Morgan fingerprint density at radius 3 is 2.57 bits per heavy atom. The van der Waals surface area contributed by atoms with E-state index in [0.717, 1.165) is 25.7 Å². The third kappa shape index (κ3) is 4.63. The molecule has 1 aromatic carbocycles. The molecule has 1 fully saturated rings. The van der Waals surface area contributed by atoms with Crippen molar-refractivity contribution in [3.8, 4) is 0 Å². The molecule has 0 bridgehead atoms. The van der Waals surface area contributed by atoms with Crippen molar-refractivity contribution in [1.82, 2.24) is 0 Å². The lowest BCUT2D eigenvalue weighted by Crippen LogP contribution is -2.19. The Morgan fingerprint density at radius 1 is 1.19 bits per heavy atom. The monoisotopic (exact) mass is 363 g/mol. The quantitative estimate of drug-likeness (QED) is 0.613. The number of hydrogen-bond donors (Lipinski definition) is 1. The molecule has 0 aliphatic heterocycles. The van der Waals surface area contributed by atoms with E-state index in [4.69, 9.17) is 0 Å². The molecule has 21 heavy (non-hydrogen) atoms. The maximum atomic E-state index is 12.9. The van der Waals surface area contributed by atoms with Gasteiger partial charge in [0.15, 0.2) is 0 Å². The van der Waals surface area contributed by atoms with Crippen LogP contribution in [0.2, 0.25) is 0 Å². The number of rotatable bonds is 2. The number of anilines is 1. The molecule has 1 aliphatic rings. The lowest BCUT2D eigenvalue weighted by molar-refractivity contribution is -0.138. The second-order valence-electron chi connectivity index (χ2n) is 6.63. The van der Waals surface area contributed by atoms with Crippen molar-refractivity contribution in [3.05, 3.63) is 28.2 Å². The fourth-order valence-corrected chi connectivity index (χ4v) is 3.35. The highest BCUT2D eigenvalue weighted by Crippen LogP contribution is 2.38. The van der Waals surface area contributed by atoms with Gasteiger partial charge in [0, 0.05) is 16.2 Å². The molecule has 0 saturated heterocycles. The summed E-state index contributed by atoms with van der Waals surface area (Å²) in [5.41, 5.74) is 0.268. The second kappa shape index (κ2) is 6.19. The predicted molar refractivity (Wildman–Crippen MR) is 83.4 cm³/mol. The molecule has 1 aliphatic carbocycles. The Hall–Kier alpha value is -0.710. The SMILES string of the molecule is CC1(C)CCCC(Nc2ccc(Br)c(C(F)(F)F)c2)CC1. The summed E-state index contributed by atoms with van der Waals surface area (Å²) in [4.78, 5) is 0. The van der Waals surface area contributed by atoms with Gasteiger partial charge in [-0.25, -0.2) is 0 Å². The summed E-state index contributed by atoms with van der Waals surface area (Å²) in [6.45, 7) is 4.52. The molecular weight excluding hydrogens is 343 g/mol.